The summed E-state index contributed by atoms with van der Waals surface area (Å²) in [5.41, 5.74) is 4.10. The highest BCUT2D eigenvalue weighted by Gasteiger charge is 2.36. The van der Waals surface area contributed by atoms with Crippen LogP contribution in [0.15, 0.2) is 30.3 Å². The van der Waals surface area contributed by atoms with Crippen molar-refractivity contribution >= 4 is 5.91 Å². The molecule has 1 aromatic heterocycles. The van der Waals surface area contributed by atoms with Gasteiger partial charge in [0.05, 0.1) is 55.4 Å². The van der Waals surface area contributed by atoms with Crippen molar-refractivity contribution in [2.45, 2.75) is 45.4 Å². The molecule has 27 heavy (non-hydrogen) atoms. The van der Waals surface area contributed by atoms with Crippen molar-refractivity contribution in [1.29, 1.82) is 0 Å². The van der Waals surface area contributed by atoms with Gasteiger partial charge in [0.1, 0.15) is 0 Å². The van der Waals surface area contributed by atoms with E-state index in [1.54, 1.807) is 4.90 Å². The molecule has 0 spiro atoms. The first-order valence-corrected chi connectivity index (χ1v) is 10.5. The van der Waals surface area contributed by atoms with Crippen LogP contribution in [0.1, 0.15) is 60.8 Å². The topological polar surface area (TPSA) is 42.6 Å². The molecule has 0 radical (unpaired) electrons. The highest BCUT2D eigenvalue weighted by Crippen LogP contribution is 2.42. The van der Waals surface area contributed by atoms with Crippen molar-refractivity contribution in [3.8, 4) is 5.69 Å². The first kappa shape index (κ1) is 18.2. The average Bonchev–Trinajstić information content (AvgIpc) is 3.50. The third-order valence-corrected chi connectivity index (χ3v) is 5.93. The maximum Gasteiger partial charge on any atom is 0.258 e. The van der Waals surface area contributed by atoms with Crippen molar-refractivity contribution in [2.75, 3.05) is 32.7 Å². The molecular formula is C22H31N4O+. The number of hydrogen-bond donors (Lipinski definition) is 1. The molecule has 5 heteroatoms. The highest BCUT2D eigenvalue weighted by molar-refractivity contribution is 5.97. The molecule has 1 saturated heterocycles. The molecule has 2 aromatic rings. The summed E-state index contributed by atoms with van der Waals surface area (Å²) in [6.45, 7) is 9.36. The monoisotopic (exact) mass is 367 g/mol. The quantitative estimate of drug-likeness (QED) is 0.849. The molecule has 2 heterocycles. The zero-order chi connectivity index (χ0) is 18.8. The Hall–Kier alpha value is -2.14. The standard InChI is InChI=1S/C22H30N4O/c1-3-8-19-20(22(27)25-15-13-24(4-2)14-16-25)21(17-11-12-17)23-26(19)18-9-6-5-7-10-18/h5-7,9-10,17H,3-4,8,11-16H2,1-2H3/p+1. The third-order valence-electron chi connectivity index (χ3n) is 5.93. The van der Waals surface area contributed by atoms with Gasteiger partial charge in [-0.15, -0.1) is 0 Å². The molecule has 1 aromatic carbocycles. The Balaban J connectivity index is 1.72. The van der Waals surface area contributed by atoms with Crippen molar-refractivity contribution in [3.05, 3.63) is 47.3 Å². The fourth-order valence-electron chi connectivity index (χ4n) is 4.14. The van der Waals surface area contributed by atoms with Crippen molar-refractivity contribution in [3.63, 3.8) is 0 Å². The van der Waals surface area contributed by atoms with Crippen molar-refractivity contribution in [1.82, 2.24) is 14.7 Å². The van der Waals surface area contributed by atoms with Crippen LogP contribution >= 0.6 is 0 Å². The van der Waals surface area contributed by atoms with Gasteiger partial charge in [-0.05, 0) is 38.3 Å². The van der Waals surface area contributed by atoms with Gasteiger partial charge in [0.2, 0.25) is 0 Å². The van der Waals surface area contributed by atoms with Crippen LogP contribution in [-0.2, 0) is 6.42 Å². The smallest absolute Gasteiger partial charge is 0.258 e. The minimum Gasteiger partial charge on any atom is -0.332 e. The number of likely N-dealkylation sites (N-methyl/N-ethyl adjacent to an activating group) is 1. The van der Waals surface area contributed by atoms with E-state index in [0.29, 0.717) is 5.92 Å². The molecule has 2 fully saturated rings. The van der Waals surface area contributed by atoms with Gasteiger partial charge in [-0.1, -0.05) is 31.5 Å². The Morgan fingerprint density at radius 1 is 1.15 bits per heavy atom. The minimum absolute atomic E-state index is 0.206. The lowest BCUT2D eigenvalue weighted by Crippen LogP contribution is -3.14. The lowest BCUT2D eigenvalue weighted by molar-refractivity contribution is -0.902. The van der Waals surface area contributed by atoms with E-state index in [-0.39, 0.29) is 5.91 Å². The average molecular weight is 368 g/mol. The van der Waals surface area contributed by atoms with Gasteiger partial charge in [0, 0.05) is 5.92 Å². The molecule has 1 aliphatic carbocycles. The number of carbonyl (C=O) groups excluding carboxylic acids is 1. The van der Waals surface area contributed by atoms with E-state index in [2.05, 4.69) is 30.9 Å². The van der Waals surface area contributed by atoms with Crippen LogP contribution in [0, 0.1) is 0 Å². The highest BCUT2D eigenvalue weighted by atomic mass is 16.2. The lowest BCUT2D eigenvalue weighted by Gasteiger charge is -2.31. The summed E-state index contributed by atoms with van der Waals surface area (Å²) in [5, 5.41) is 4.97. The largest absolute Gasteiger partial charge is 0.332 e. The minimum atomic E-state index is 0.206. The molecule has 1 N–H and O–H groups in total. The Kier molecular flexibility index (Phi) is 5.30. The van der Waals surface area contributed by atoms with Crippen LogP contribution in [0.5, 0.6) is 0 Å². The van der Waals surface area contributed by atoms with E-state index in [1.807, 2.05) is 22.9 Å². The first-order chi connectivity index (χ1) is 13.2. The van der Waals surface area contributed by atoms with Crippen LogP contribution in [-0.4, -0.2) is 53.3 Å². The van der Waals surface area contributed by atoms with E-state index in [4.69, 9.17) is 5.10 Å². The second-order valence-electron chi connectivity index (χ2n) is 7.87. The number of carbonyl (C=O) groups is 1. The van der Waals surface area contributed by atoms with Gasteiger partial charge in [-0.2, -0.15) is 5.10 Å². The normalized spacial score (nSPS) is 18.1. The first-order valence-electron chi connectivity index (χ1n) is 10.5. The van der Waals surface area contributed by atoms with Gasteiger partial charge < -0.3 is 9.80 Å². The van der Waals surface area contributed by atoms with Crippen molar-refractivity contribution < 1.29 is 9.69 Å². The summed E-state index contributed by atoms with van der Waals surface area (Å²) in [7, 11) is 0. The number of nitrogens with one attached hydrogen (secondary N) is 1. The number of amides is 1. The van der Waals surface area contributed by atoms with Gasteiger partial charge in [-0.25, -0.2) is 4.68 Å². The number of para-hydroxylation sites is 1. The Labute approximate surface area is 162 Å². The molecule has 1 saturated carbocycles. The molecular weight excluding hydrogens is 336 g/mol. The van der Waals surface area contributed by atoms with Crippen LogP contribution in [0.25, 0.3) is 5.69 Å². The predicted octanol–water partition coefficient (Wildman–Crippen LogP) is 2.06. The zero-order valence-electron chi connectivity index (χ0n) is 16.6. The maximum atomic E-state index is 13.6. The second kappa shape index (κ2) is 7.85. The van der Waals surface area contributed by atoms with Crippen LogP contribution < -0.4 is 4.90 Å². The van der Waals surface area contributed by atoms with Crippen LogP contribution in [0.4, 0.5) is 0 Å². The maximum absolute atomic E-state index is 13.6. The third kappa shape index (κ3) is 3.65. The summed E-state index contributed by atoms with van der Waals surface area (Å²) in [5.74, 6) is 0.671. The van der Waals surface area contributed by atoms with E-state index in [9.17, 15) is 4.79 Å². The molecule has 1 amide bonds. The zero-order valence-corrected chi connectivity index (χ0v) is 16.6. The SMILES string of the molecule is CCCc1c(C(=O)N2CC[NH+](CC)CC2)c(C2CC2)nn1-c1ccccc1. The Bertz CT molecular complexity index is 786. The fraction of sp³-hybridized carbons (Fsp3) is 0.545. The number of rotatable bonds is 6. The van der Waals surface area contributed by atoms with Crippen molar-refractivity contribution in [2.24, 2.45) is 0 Å². The molecule has 2 aliphatic rings. The van der Waals surface area contributed by atoms with Gasteiger partial charge >= 0.3 is 0 Å². The Morgan fingerprint density at radius 3 is 2.44 bits per heavy atom. The van der Waals surface area contributed by atoms with Crippen LogP contribution in [0.2, 0.25) is 0 Å². The number of hydrogen-bond acceptors (Lipinski definition) is 2. The molecule has 0 unspecified atom stereocenters. The number of nitrogens with zero attached hydrogens (tertiary/aromatic N) is 3. The Morgan fingerprint density at radius 2 is 1.85 bits per heavy atom. The molecule has 144 valence electrons. The molecule has 1 aliphatic heterocycles. The molecule has 0 atom stereocenters. The summed E-state index contributed by atoms with van der Waals surface area (Å²) in [6, 6.07) is 10.3. The summed E-state index contributed by atoms with van der Waals surface area (Å²) in [4.78, 5) is 17.2. The fourth-order valence-corrected chi connectivity index (χ4v) is 4.14. The predicted molar refractivity (Wildman–Crippen MR) is 107 cm³/mol. The summed E-state index contributed by atoms with van der Waals surface area (Å²) >= 11 is 0. The van der Waals surface area contributed by atoms with E-state index in [1.165, 1.54) is 0 Å². The lowest BCUT2D eigenvalue weighted by atomic mass is 10.0. The van der Waals surface area contributed by atoms with Crippen LogP contribution in [0.3, 0.4) is 0 Å². The number of benzene rings is 1. The number of quaternary nitrogens is 1. The molecule has 0 bridgehead atoms. The summed E-state index contributed by atoms with van der Waals surface area (Å²) < 4.78 is 2.04. The van der Waals surface area contributed by atoms with Gasteiger partial charge in [0.15, 0.2) is 0 Å². The van der Waals surface area contributed by atoms with Gasteiger partial charge in [-0.3, -0.25) is 4.79 Å². The number of piperazine rings is 1. The van der Waals surface area contributed by atoms with E-state index >= 15 is 0 Å². The van der Waals surface area contributed by atoms with E-state index in [0.717, 1.165) is 81.0 Å². The molecule has 4 rings (SSSR count). The van der Waals surface area contributed by atoms with Gasteiger partial charge in [0.25, 0.3) is 5.91 Å². The summed E-state index contributed by atoms with van der Waals surface area (Å²) in [6.07, 6.45) is 4.21. The number of aromatic nitrogens is 2. The second-order valence-corrected chi connectivity index (χ2v) is 7.87. The molecule has 5 nitrogen and oxygen atoms in total. The van der Waals surface area contributed by atoms with E-state index < -0.39 is 0 Å².